The Morgan fingerprint density at radius 1 is 1.19 bits per heavy atom. The molecule has 0 aliphatic heterocycles. The number of carbonyl (C=O) groups excluding carboxylic acids is 1. The zero-order chi connectivity index (χ0) is 14.6. The SMILES string of the molecule is Cc1cc(NC(=O)C2C3CC4CC(C3)CC2C4)cnc1Br. The van der Waals surface area contributed by atoms with Gasteiger partial charge in [-0.15, -0.1) is 0 Å². The van der Waals surface area contributed by atoms with E-state index in [1.54, 1.807) is 6.20 Å². The molecule has 3 nitrogen and oxygen atoms in total. The lowest BCUT2D eigenvalue weighted by molar-refractivity contribution is -0.132. The third kappa shape index (κ3) is 2.41. The van der Waals surface area contributed by atoms with Crippen molar-refractivity contribution in [3.8, 4) is 0 Å². The van der Waals surface area contributed by atoms with Crippen molar-refractivity contribution in [1.82, 2.24) is 4.98 Å². The summed E-state index contributed by atoms with van der Waals surface area (Å²) in [4.78, 5) is 17.0. The fourth-order valence-electron chi connectivity index (χ4n) is 5.21. The normalized spacial score (nSPS) is 36.8. The molecule has 1 N–H and O–H groups in total. The number of aryl methyl sites for hydroxylation is 1. The predicted molar refractivity (Wildman–Crippen MR) is 85.8 cm³/mol. The first-order chi connectivity index (χ1) is 10.1. The van der Waals surface area contributed by atoms with Crippen molar-refractivity contribution < 1.29 is 4.79 Å². The van der Waals surface area contributed by atoms with Crippen LogP contribution in [0.25, 0.3) is 0 Å². The summed E-state index contributed by atoms with van der Waals surface area (Å²) in [7, 11) is 0. The van der Waals surface area contributed by atoms with Gasteiger partial charge in [-0.2, -0.15) is 0 Å². The second kappa shape index (κ2) is 5.08. The first kappa shape index (κ1) is 13.7. The Morgan fingerprint density at radius 2 is 1.81 bits per heavy atom. The molecule has 1 amide bonds. The minimum atomic E-state index is 0.229. The summed E-state index contributed by atoms with van der Waals surface area (Å²) in [6.07, 6.45) is 8.29. The van der Waals surface area contributed by atoms with Crippen LogP contribution in [-0.4, -0.2) is 10.9 Å². The molecule has 0 unspecified atom stereocenters. The van der Waals surface area contributed by atoms with Gasteiger partial charge in [-0.05, 0) is 90.3 Å². The summed E-state index contributed by atoms with van der Waals surface area (Å²) < 4.78 is 0.843. The molecule has 0 spiro atoms. The fourth-order valence-corrected chi connectivity index (χ4v) is 5.42. The lowest BCUT2D eigenvalue weighted by Crippen LogP contribution is -2.49. The van der Waals surface area contributed by atoms with E-state index in [9.17, 15) is 4.79 Å². The first-order valence-corrected chi connectivity index (χ1v) is 8.82. The largest absolute Gasteiger partial charge is 0.324 e. The van der Waals surface area contributed by atoms with Crippen LogP contribution in [0.5, 0.6) is 0 Å². The molecule has 0 atom stereocenters. The average Bonchev–Trinajstić information content (AvgIpc) is 2.41. The molecule has 0 saturated heterocycles. The maximum atomic E-state index is 12.7. The molecule has 4 saturated carbocycles. The molecule has 21 heavy (non-hydrogen) atoms. The highest BCUT2D eigenvalue weighted by atomic mass is 79.9. The van der Waals surface area contributed by atoms with Crippen LogP contribution in [0.4, 0.5) is 5.69 Å². The minimum absolute atomic E-state index is 0.229. The van der Waals surface area contributed by atoms with E-state index in [1.807, 2.05) is 13.0 Å². The summed E-state index contributed by atoms with van der Waals surface area (Å²) in [5, 5.41) is 3.12. The second-order valence-corrected chi connectivity index (χ2v) is 8.03. The number of rotatable bonds is 2. The maximum absolute atomic E-state index is 12.7. The summed E-state index contributed by atoms with van der Waals surface area (Å²) in [6, 6.07) is 1.99. The van der Waals surface area contributed by atoms with Gasteiger partial charge in [-0.25, -0.2) is 4.98 Å². The molecule has 1 aromatic rings. The molecule has 5 rings (SSSR count). The Morgan fingerprint density at radius 3 is 2.38 bits per heavy atom. The average molecular weight is 349 g/mol. The van der Waals surface area contributed by atoms with Crippen LogP contribution in [0.15, 0.2) is 16.9 Å². The van der Waals surface area contributed by atoms with Gasteiger partial charge >= 0.3 is 0 Å². The summed E-state index contributed by atoms with van der Waals surface area (Å²) in [5.74, 6) is 3.55. The summed E-state index contributed by atoms with van der Waals surface area (Å²) in [6.45, 7) is 2.00. The van der Waals surface area contributed by atoms with Crippen molar-refractivity contribution in [2.24, 2.45) is 29.6 Å². The standard InChI is InChI=1S/C17H21BrN2O/c1-9-2-14(8-19-16(9)18)20-17(21)15-12-4-10-3-11(6-12)7-13(15)5-10/h2,8,10-13,15H,3-7H2,1H3,(H,20,21). The van der Waals surface area contributed by atoms with Gasteiger partial charge in [-0.3, -0.25) is 4.79 Å². The van der Waals surface area contributed by atoms with E-state index >= 15 is 0 Å². The molecular formula is C17H21BrN2O. The Hall–Kier alpha value is -0.900. The molecule has 4 aliphatic rings. The quantitative estimate of drug-likeness (QED) is 0.815. The van der Waals surface area contributed by atoms with Crippen molar-refractivity contribution in [1.29, 1.82) is 0 Å². The van der Waals surface area contributed by atoms with Crippen molar-refractivity contribution in [3.05, 3.63) is 22.4 Å². The number of anilines is 1. The van der Waals surface area contributed by atoms with Crippen LogP contribution in [0, 0.1) is 36.5 Å². The number of aromatic nitrogens is 1. The maximum Gasteiger partial charge on any atom is 0.228 e. The lowest BCUT2D eigenvalue weighted by Gasteiger charge is -2.53. The highest BCUT2D eigenvalue weighted by Gasteiger charge is 2.50. The number of hydrogen-bond acceptors (Lipinski definition) is 2. The van der Waals surface area contributed by atoms with Gasteiger partial charge in [0.05, 0.1) is 11.9 Å². The third-order valence-corrected chi connectivity index (χ3v) is 6.64. The molecule has 4 heteroatoms. The Bertz CT molecular complexity index is 558. The van der Waals surface area contributed by atoms with E-state index in [4.69, 9.17) is 0 Å². The van der Waals surface area contributed by atoms with Gasteiger partial charge in [0.25, 0.3) is 0 Å². The topological polar surface area (TPSA) is 42.0 Å². The number of nitrogens with zero attached hydrogens (tertiary/aromatic N) is 1. The molecule has 1 aromatic heterocycles. The van der Waals surface area contributed by atoms with E-state index in [1.165, 1.54) is 32.1 Å². The van der Waals surface area contributed by atoms with Crippen LogP contribution in [0.3, 0.4) is 0 Å². The number of amides is 1. The van der Waals surface area contributed by atoms with Crippen LogP contribution < -0.4 is 5.32 Å². The van der Waals surface area contributed by atoms with E-state index in [0.29, 0.717) is 11.8 Å². The highest BCUT2D eigenvalue weighted by Crippen LogP contribution is 2.56. The van der Waals surface area contributed by atoms with Gasteiger partial charge in [0.2, 0.25) is 5.91 Å². The zero-order valence-corrected chi connectivity index (χ0v) is 13.9. The Balaban J connectivity index is 1.51. The molecule has 0 aromatic carbocycles. The number of nitrogens with one attached hydrogen (secondary N) is 1. The predicted octanol–water partition coefficient (Wildman–Crippen LogP) is 4.16. The number of pyridine rings is 1. The molecule has 112 valence electrons. The smallest absolute Gasteiger partial charge is 0.228 e. The van der Waals surface area contributed by atoms with Crippen molar-refractivity contribution in [3.63, 3.8) is 0 Å². The third-order valence-electron chi connectivity index (χ3n) is 5.81. The molecule has 4 bridgehead atoms. The van der Waals surface area contributed by atoms with E-state index in [0.717, 1.165) is 27.7 Å². The number of hydrogen-bond donors (Lipinski definition) is 1. The molecular weight excluding hydrogens is 328 g/mol. The van der Waals surface area contributed by atoms with Crippen LogP contribution in [-0.2, 0) is 4.79 Å². The second-order valence-electron chi connectivity index (χ2n) is 7.28. The van der Waals surface area contributed by atoms with Crippen LogP contribution in [0.1, 0.15) is 37.7 Å². The zero-order valence-electron chi connectivity index (χ0n) is 12.3. The lowest BCUT2D eigenvalue weighted by atomic mass is 9.51. The van der Waals surface area contributed by atoms with Gasteiger partial charge in [0, 0.05) is 5.92 Å². The molecule has 1 heterocycles. The Kier molecular flexibility index (Phi) is 3.32. The summed E-state index contributed by atoms with van der Waals surface area (Å²) in [5.41, 5.74) is 1.88. The van der Waals surface area contributed by atoms with Crippen LogP contribution >= 0.6 is 15.9 Å². The molecule has 4 aliphatic carbocycles. The number of halogens is 1. The van der Waals surface area contributed by atoms with Crippen LogP contribution in [0.2, 0.25) is 0 Å². The summed E-state index contributed by atoms with van der Waals surface area (Å²) >= 11 is 3.40. The van der Waals surface area contributed by atoms with E-state index in [-0.39, 0.29) is 11.8 Å². The van der Waals surface area contributed by atoms with E-state index in [2.05, 4.69) is 26.2 Å². The molecule has 4 fully saturated rings. The van der Waals surface area contributed by atoms with E-state index < -0.39 is 0 Å². The van der Waals surface area contributed by atoms with Gasteiger partial charge in [0.15, 0.2) is 0 Å². The van der Waals surface area contributed by atoms with Crippen molar-refractivity contribution in [2.75, 3.05) is 5.32 Å². The Labute approximate surface area is 134 Å². The fraction of sp³-hybridized carbons (Fsp3) is 0.647. The van der Waals surface area contributed by atoms with Crippen molar-refractivity contribution >= 4 is 27.5 Å². The van der Waals surface area contributed by atoms with Gasteiger partial charge < -0.3 is 5.32 Å². The van der Waals surface area contributed by atoms with Gasteiger partial charge in [0.1, 0.15) is 4.60 Å². The minimum Gasteiger partial charge on any atom is -0.324 e. The first-order valence-electron chi connectivity index (χ1n) is 8.03. The number of carbonyl (C=O) groups is 1. The monoisotopic (exact) mass is 348 g/mol. The van der Waals surface area contributed by atoms with Gasteiger partial charge in [-0.1, -0.05) is 0 Å². The van der Waals surface area contributed by atoms with Crippen molar-refractivity contribution in [2.45, 2.75) is 39.0 Å². The molecule has 0 radical (unpaired) electrons. The highest BCUT2D eigenvalue weighted by molar-refractivity contribution is 9.10.